The van der Waals surface area contributed by atoms with Crippen molar-refractivity contribution in [3.8, 4) is 5.69 Å². The molecular formula is C10H10ClN5O4. The van der Waals surface area contributed by atoms with Crippen molar-refractivity contribution in [2.24, 2.45) is 4.99 Å². The molecule has 0 aliphatic carbocycles. The summed E-state index contributed by atoms with van der Waals surface area (Å²) in [5.41, 5.74) is -0.0300. The van der Waals surface area contributed by atoms with E-state index in [2.05, 4.69) is 10.1 Å². The number of nitrogens with zero attached hydrogens (tertiary/aromatic N) is 5. The van der Waals surface area contributed by atoms with E-state index in [1.54, 1.807) is 18.2 Å². The summed E-state index contributed by atoms with van der Waals surface area (Å²) in [4.78, 5) is 15.2. The minimum absolute atomic E-state index is 0.0946. The van der Waals surface area contributed by atoms with Gasteiger partial charge in [-0.15, -0.1) is 0 Å². The summed E-state index contributed by atoms with van der Waals surface area (Å²) in [5.74, 6) is -0.624. The molecule has 2 rings (SSSR count). The molecule has 0 amide bonds. The van der Waals surface area contributed by atoms with E-state index in [0.29, 0.717) is 15.6 Å². The van der Waals surface area contributed by atoms with Crippen LogP contribution in [0.25, 0.3) is 5.69 Å². The molecule has 1 aromatic carbocycles. The van der Waals surface area contributed by atoms with E-state index < -0.39 is 10.7 Å². The SMILES string of the molecule is O=[N+]([O-])c1nn(-c2cccc(Cl)c2)n(O)c1=NCCO. The molecule has 0 bridgehead atoms. The summed E-state index contributed by atoms with van der Waals surface area (Å²) in [6, 6.07) is 6.25. The monoisotopic (exact) mass is 299 g/mol. The molecule has 20 heavy (non-hydrogen) atoms. The normalized spacial score (nSPS) is 11.8. The molecule has 0 saturated carbocycles. The summed E-state index contributed by atoms with van der Waals surface area (Å²) in [6.45, 7) is -0.401. The molecule has 1 aromatic heterocycles. The molecule has 10 heteroatoms. The second-order valence-electron chi connectivity index (χ2n) is 3.67. The van der Waals surface area contributed by atoms with Crippen LogP contribution in [0.15, 0.2) is 29.3 Å². The first-order valence-electron chi connectivity index (χ1n) is 5.48. The van der Waals surface area contributed by atoms with Crippen molar-refractivity contribution in [3.63, 3.8) is 0 Å². The van der Waals surface area contributed by atoms with Crippen LogP contribution < -0.4 is 5.49 Å². The third-order valence-corrected chi connectivity index (χ3v) is 2.57. The Balaban J connectivity index is 2.64. The first kappa shape index (κ1) is 14.0. The van der Waals surface area contributed by atoms with Crippen LogP contribution in [0.1, 0.15) is 0 Å². The van der Waals surface area contributed by atoms with Gasteiger partial charge in [0.2, 0.25) is 0 Å². The molecule has 106 valence electrons. The first-order valence-corrected chi connectivity index (χ1v) is 5.85. The van der Waals surface area contributed by atoms with Crippen molar-refractivity contribution in [1.82, 2.24) is 14.7 Å². The van der Waals surface area contributed by atoms with Gasteiger partial charge in [-0.25, -0.2) is 0 Å². The highest BCUT2D eigenvalue weighted by molar-refractivity contribution is 6.30. The molecule has 0 spiro atoms. The lowest BCUT2D eigenvalue weighted by molar-refractivity contribution is -0.391. The molecule has 2 aromatic rings. The maximum Gasteiger partial charge on any atom is 0.438 e. The summed E-state index contributed by atoms with van der Waals surface area (Å²) < 4.78 is 0. The fourth-order valence-corrected chi connectivity index (χ4v) is 1.72. The van der Waals surface area contributed by atoms with E-state index in [4.69, 9.17) is 16.7 Å². The molecule has 0 radical (unpaired) electrons. The number of aromatic nitrogens is 3. The van der Waals surface area contributed by atoms with Gasteiger partial charge in [0.25, 0.3) is 5.49 Å². The molecular weight excluding hydrogens is 290 g/mol. The Kier molecular flexibility index (Phi) is 4.01. The maximum absolute atomic E-state index is 10.9. The van der Waals surface area contributed by atoms with Crippen LogP contribution in [0.5, 0.6) is 0 Å². The standard InChI is InChI=1S/C10H10ClN5O4/c11-7-2-1-3-8(6-7)14-13-10(16(19)20)9(15(14)18)12-4-5-17/h1-3,6,17-18H,4-5H2. The summed E-state index contributed by atoms with van der Waals surface area (Å²) in [6.07, 6.45) is 0. The molecule has 9 nitrogen and oxygen atoms in total. The van der Waals surface area contributed by atoms with Gasteiger partial charge in [0.05, 0.1) is 18.3 Å². The highest BCUT2D eigenvalue weighted by Crippen LogP contribution is 2.14. The second-order valence-corrected chi connectivity index (χ2v) is 4.10. The van der Waals surface area contributed by atoms with Gasteiger partial charge in [-0.2, -0.15) is 0 Å². The Labute approximate surface area is 117 Å². The van der Waals surface area contributed by atoms with Crippen molar-refractivity contribution in [1.29, 1.82) is 0 Å². The number of rotatable bonds is 4. The van der Waals surface area contributed by atoms with Gasteiger partial charge in [-0.3, -0.25) is 4.99 Å². The smallest absolute Gasteiger partial charge is 0.409 e. The number of nitro groups is 1. The topological polar surface area (TPSA) is 119 Å². The molecule has 2 N–H and O–H groups in total. The maximum atomic E-state index is 10.9. The van der Waals surface area contributed by atoms with Crippen LogP contribution >= 0.6 is 11.6 Å². The highest BCUT2D eigenvalue weighted by atomic mass is 35.5. The second kappa shape index (κ2) is 5.72. The van der Waals surface area contributed by atoms with Gasteiger partial charge >= 0.3 is 5.82 Å². The van der Waals surface area contributed by atoms with Crippen LogP contribution in [0.2, 0.25) is 5.02 Å². The number of hydrogen-bond donors (Lipinski definition) is 2. The Morgan fingerprint density at radius 1 is 1.50 bits per heavy atom. The van der Waals surface area contributed by atoms with E-state index in [-0.39, 0.29) is 18.6 Å². The van der Waals surface area contributed by atoms with Gasteiger partial charge < -0.3 is 20.4 Å². The third-order valence-electron chi connectivity index (χ3n) is 2.33. The van der Waals surface area contributed by atoms with Crippen molar-refractivity contribution < 1.29 is 15.2 Å². The van der Waals surface area contributed by atoms with E-state index in [0.717, 1.165) is 4.80 Å². The summed E-state index contributed by atoms with van der Waals surface area (Å²) >= 11 is 5.82. The Morgan fingerprint density at radius 3 is 2.85 bits per heavy atom. The Bertz CT molecular complexity index is 708. The van der Waals surface area contributed by atoms with Crippen molar-refractivity contribution in [2.45, 2.75) is 0 Å². The van der Waals surface area contributed by atoms with Gasteiger partial charge in [0.1, 0.15) is 5.69 Å². The largest absolute Gasteiger partial charge is 0.438 e. The number of aliphatic hydroxyl groups is 1. The zero-order chi connectivity index (χ0) is 14.7. The van der Waals surface area contributed by atoms with Gasteiger partial charge in [-0.05, 0) is 27.9 Å². The lowest BCUT2D eigenvalue weighted by atomic mass is 10.3. The Morgan fingerprint density at radius 2 is 2.25 bits per heavy atom. The average molecular weight is 300 g/mol. The predicted molar refractivity (Wildman–Crippen MR) is 67.9 cm³/mol. The number of hydrogen-bond acceptors (Lipinski definition) is 6. The fourth-order valence-electron chi connectivity index (χ4n) is 1.53. The zero-order valence-electron chi connectivity index (χ0n) is 10.0. The van der Waals surface area contributed by atoms with E-state index in [1.165, 1.54) is 6.07 Å². The average Bonchev–Trinajstić information content (AvgIpc) is 2.74. The molecule has 0 aliphatic heterocycles. The van der Waals surface area contributed by atoms with Crippen LogP contribution in [0.4, 0.5) is 5.82 Å². The summed E-state index contributed by atoms with van der Waals surface area (Å²) in [5, 5.41) is 33.6. The van der Waals surface area contributed by atoms with Gasteiger partial charge in [0.15, 0.2) is 0 Å². The van der Waals surface area contributed by atoms with E-state index >= 15 is 0 Å². The Hall–Kier alpha value is -2.39. The third kappa shape index (κ3) is 2.63. The van der Waals surface area contributed by atoms with Crippen molar-refractivity contribution >= 4 is 17.4 Å². The van der Waals surface area contributed by atoms with E-state index in [1.807, 2.05) is 0 Å². The minimum Gasteiger partial charge on any atom is -0.409 e. The van der Waals surface area contributed by atoms with Crippen molar-refractivity contribution in [3.05, 3.63) is 44.9 Å². The molecule has 0 saturated heterocycles. The molecule has 0 aliphatic rings. The van der Waals surface area contributed by atoms with Crippen LogP contribution in [0, 0.1) is 10.1 Å². The molecule has 0 fully saturated rings. The quantitative estimate of drug-likeness (QED) is 0.480. The zero-order valence-corrected chi connectivity index (χ0v) is 10.8. The molecule has 0 atom stereocenters. The van der Waals surface area contributed by atoms with Crippen LogP contribution in [0.3, 0.4) is 0 Å². The lowest BCUT2D eigenvalue weighted by Crippen LogP contribution is -2.23. The fraction of sp³-hybridized carbons (Fsp3) is 0.200. The number of benzene rings is 1. The number of halogens is 1. The number of aliphatic hydroxyl groups excluding tert-OH is 1. The molecule has 1 heterocycles. The predicted octanol–water partition coefficient (Wildman–Crippen LogP) is 0.366. The van der Waals surface area contributed by atoms with E-state index in [9.17, 15) is 15.3 Å². The van der Waals surface area contributed by atoms with Gasteiger partial charge in [-0.1, -0.05) is 22.5 Å². The molecule has 0 unspecified atom stereocenters. The van der Waals surface area contributed by atoms with Gasteiger partial charge in [0, 0.05) is 5.02 Å². The lowest BCUT2D eigenvalue weighted by Gasteiger charge is -1.99. The minimum atomic E-state index is -0.774. The van der Waals surface area contributed by atoms with Crippen LogP contribution in [-0.2, 0) is 0 Å². The summed E-state index contributed by atoms with van der Waals surface area (Å²) in [7, 11) is 0. The van der Waals surface area contributed by atoms with Crippen molar-refractivity contribution in [2.75, 3.05) is 13.2 Å². The first-order chi connectivity index (χ1) is 9.54. The highest BCUT2D eigenvalue weighted by Gasteiger charge is 2.23. The van der Waals surface area contributed by atoms with Crippen LogP contribution in [-0.4, -0.2) is 43.1 Å².